The number of carbonyl (C=O) groups is 1. The minimum Gasteiger partial charge on any atom is -0.478 e. The Morgan fingerprint density at radius 2 is 2.00 bits per heavy atom. The monoisotopic (exact) mass is 250 g/mol. The highest BCUT2D eigenvalue weighted by atomic mass is 16.4. The van der Waals surface area contributed by atoms with E-state index in [-0.39, 0.29) is 11.0 Å². The molecule has 0 saturated heterocycles. The molecule has 4 heteroatoms. The van der Waals surface area contributed by atoms with Crippen LogP contribution >= 0.6 is 0 Å². The van der Waals surface area contributed by atoms with Crippen molar-refractivity contribution in [2.24, 2.45) is 5.41 Å². The first-order valence-corrected chi connectivity index (χ1v) is 6.16. The lowest BCUT2D eigenvalue weighted by Crippen LogP contribution is -2.15. The van der Waals surface area contributed by atoms with Crippen molar-refractivity contribution in [3.8, 4) is 0 Å². The molecule has 0 saturated carbocycles. The highest BCUT2D eigenvalue weighted by molar-refractivity contribution is 5.95. The fraction of sp³-hybridized carbons (Fsp3) is 0.571. The number of aromatic carboxylic acids is 1. The van der Waals surface area contributed by atoms with E-state index < -0.39 is 5.97 Å². The normalized spacial score (nSPS) is 11.4. The summed E-state index contributed by atoms with van der Waals surface area (Å²) in [6.07, 6.45) is 0.979. The van der Waals surface area contributed by atoms with Crippen LogP contribution in [-0.4, -0.2) is 22.6 Å². The van der Waals surface area contributed by atoms with Crippen LogP contribution in [0.25, 0.3) is 0 Å². The molecule has 0 aromatic carbocycles. The number of carboxylic acids is 1. The van der Waals surface area contributed by atoms with Gasteiger partial charge in [-0.25, -0.2) is 4.79 Å². The summed E-state index contributed by atoms with van der Waals surface area (Å²) in [5.41, 5.74) is 2.55. The van der Waals surface area contributed by atoms with Crippen molar-refractivity contribution in [2.75, 3.05) is 11.9 Å². The second kappa shape index (κ2) is 5.38. The first-order chi connectivity index (χ1) is 8.20. The van der Waals surface area contributed by atoms with Crippen LogP contribution < -0.4 is 5.32 Å². The molecule has 0 aliphatic carbocycles. The maximum Gasteiger partial charge on any atom is 0.339 e. The van der Waals surface area contributed by atoms with Gasteiger partial charge in [0.25, 0.3) is 0 Å². The van der Waals surface area contributed by atoms with Crippen LogP contribution in [0.5, 0.6) is 0 Å². The van der Waals surface area contributed by atoms with Gasteiger partial charge in [0.2, 0.25) is 0 Å². The number of nitrogens with zero attached hydrogens (tertiary/aromatic N) is 1. The third-order valence-corrected chi connectivity index (χ3v) is 2.73. The summed E-state index contributed by atoms with van der Waals surface area (Å²) in [7, 11) is 0. The number of nitrogens with one attached hydrogen (secondary N) is 1. The van der Waals surface area contributed by atoms with Gasteiger partial charge in [-0.2, -0.15) is 0 Å². The van der Waals surface area contributed by atoms with Crippen molar-refractivity contribution in [1.29, 1.82) is 0 Å². The molecule has 0 atom stereocenters. The van der Waals surface area contributed by atoms with Gasteiger partial charge in [0.05, 0.1) is 11.4 Å². The van der Waals surface area contributed by atoms with Gasteiger partial charge in [-0.15, -0.1) is 0 Å². The number of hydrogen-bond donors (Lipinski definition) is 2. The maximum absolute atomic E-state index is 11.2. The van der Waals surface area contributed by atoms with E-state index in [2.05, 4.69) is 31.1 Å². The minimum absolute atomic E-state index is 0.230. The molecule has 2 N–H and O–H groups in total. The number of hydrogen-bond acceptors (Lipinski definition) is 3. The Bertz CT molecular complexity index is 448. The summed E-state index contributed by atoms with van der Waals surface area (Å²) < 4.78 is 0. The van der Waals surface area contributed by atoms with E-state index in [0.717, 1.165) is 18.7 Å². The van der Waals surface area contributed by atoms with Crippen LogP contribution in [0.3, 0.4) is 0 Å². The molecule has 0 amide bonds. The van der Waals surface area contributed by atoms with Gasteiger partial charge in [0.15, 0.2) is 0 Å². The fourth-order valence-corrected chi connectivity index (χ4v) is 1.81. The second-order valence-corrected chi connectivity index (χ2v) is 5.81. The summed E-state index contributed by atoms with van der Waals surface area (Å²) in [5, 5.41) is 12.4. The Balaban J connectivity index is 2.90. The van der Waals surface area contributed by atoms with E-state index in [4.69, 9.17) is 0 Å². The average molecular weight is 250 g/mol. The van der Waals surface area contributed by atoms with E-state index in [0.29, 0.717) is 11.4 Å². The summed E-state index contributed by atoms with van der Waals surface area (Å²) in [4.78, 5) is 15.4. The number of aryl methyl sites for hydroxylation is 2. The fourth-order valence-electron chi connectivity index (χ4n) is 1.81. The lowest BCUT2D eigenvalue weighted by atomic mass is 9.92. The summed E-state index contributed by atoms with van der Waals surface area (Å²) in [5.74, 6) is -0.932. The first-order valence-electron chi connectivity index (χ1n) is 6.16. The van der Waals surface area contributed by atoms with Crippen molar-refractivity contribution in [2.45, 2.75) is 41.0 Å². The van der Waals surface area contributed by atoms with Gasteiger partial charge in [0, 0.05) is 12.2 Å². The Morgan fingerprint density at radius 3 is 2.50 bits per heavy atom. The predicted octanol–water partition coefficient (Wildman–Crippen LogP) is 3.24. The topological polar surface area (TPSA) is 62.2 Å². The van der Waals surface area contributed by atoms with E-state index in [9.17, 15) is 9.90 Å². The van der Waals surface area contributed by atoms with Crippen LogP contribution in [0, 0.1) is 19.3 Å². The predicted molar refractivity (Wildman–Crippen MR) is 73.2 cm³/mol. The second-order valence-electron chi connectivity index (χ2n) is 5.81. The molecule has 0 aliphatic rings. The number of anilines is 1. The molecule has 1 aromatic heterocycles. The molecule has 0 aliphatic heterocycles. The number of carboxylic acid groups (broad SMARTS) is 1. The van der Waals surface area contributed by atoms with Crippen LogP contribution in [0.2, 0.25) is 0 Å². The van der Waals surface area contributed by atoms with Gasteiger partial charge < -0.3 is 10.4 Å². The van der Waals surface area contributed by atoms with E-state index in [1.54, 1.807) is 13.0 Å². The van der Waals surface area contributed by atoms with Crippen molar-refractivity contribution >= 4 is 11.7 Å². The summed E-state index contributed by atoms with van der Waals surface area (Å²) in [6, 6.07) is 1.79. The number of pyridine rings is 1. The van der Waals surface area contributed by atoms with Gasteiger partial charge >= 0.3 is 5.97 Å². The van der Waals surface area contributed by atoms with E-state index in [1.165, 1.54) is 0 Å². The lowest BCUT2D eigenvalue weighted by Gasteiger charge is -2.19. The third kappa shape index (κ3) is 4.02. The molecular formula is C14H22N2O2. The Hall–Kier alpha value is -1.58. The van der Waals surface area contributed by atoms with E-state index >= 15 is 0 Å². The summed E-state index contributed by atoms with van der Waals surface area (Å²) in [6.45, 7) is 10.8. The lowest BCUT2D eigenvalue weighted by molar-refractivity contribution is 0.0696. The molecule has 1 rings (SSSR count). The Labute approximate surface area is 108 Å². The first kappa shape index (κ1) is 14.5. The highest BCUT2D eigenvalue weighted by Gasteiger charge is 2.16. The minimum atomic E-state index is -0.932. The van der Waals surface area contributed by atoms with Gasteiger partial charge in [-0.05, 0) is 31.7 Å². The molecule has 0 fully saturated rings. The molecule has 1 aromatic rings. The summed E-state index contributed by atoms with van der Waals surface area (Å²) >= 11 is 0. The molecule has 0 spiro atoms. The largest absolute Gasteiger partial charge is 0.478 e. The molecule has 0 unspecified atom stereocenters. The number of rotatable bonds is 4. The quantitative estimate of drug-likeness (QED) is 0.861. The SMILES string of the molecule is Cc1cc(NCCC(C)(C)C)c(C(=O)O)c(C)n1. The Morgan fingerprint density at radius 1 is 1.39 bits per heavy atom. The van der Waals surface area contributed by atoms with Crippen LogP contribution in [0.15, 0.2) is 6.07 Å². The van der Waals surface area contributed by atoms with Gasteiger partial charge in [-0.3, -0.25) is 4.98 Å². The number of aromatic nitrogens is 1. The maximum atomic E-state index is 11.2. The molecule has 4 nitrogen and oxygen atoms in total. The van der Waals surface area contributed by atoms with Crippen molar-refractivity contribution in [1.82, 2.24) is 4.98 Å². The van der Waals surface area contributed by atoms with E-state index in [1.807, 2.05) is 6.92 Å². The van der Waals surface area contributed by atoms with Crippen LogP contribution in [0.4, 0.5) is 5.69 Å². The molecule has 0 radical (unpaired) electrons. The van der Waals surface area contributed by atoms with Crippen LogP contribution in [-0.2, 0) is 0 Å². The molecule has 1 heterocycles. The smallest absolute Gasteiger partial charge is 0.339 e. The average Bonchev–Trinajstić information content (AvgIpc) is 2.13. The zero-order valence-electron chi connectivity index (χ0n) is 11.8. The van der Waals surface area contributed by atoms with Crippen molar-refractivity contribution < 1.29 is 9.90 Å². The van der Waals surface area contributed by atoms with Crippen LogP contribution in [0.1, 0.15) is 48.9 Å². The zero-order chi connectivity index (χ0) is 13.9. The Kier molecular flexibility index (Phi) is 4.33. The van der Waals surface area contributed by atoms with Crippen molar-refractivity contribution in [3.05, 3.63) is 23.0 Å². The standard InChI is InChI=1S/C14H22N2O2/c1-9-8-11(15-7-6-14(3,4)5)12(13(17)18)10(2)16-9/h8H,6-7H2,1-5H3,(H,15,16)(H,17,18). The highest BCUT2D eigenvalue weighted by Crippen LogP contribution is 2.22. The molecule has 0 bridgehead atoms. The molecular weight excluding hydrogens is 228 g/mol. The third-order valence-electron chi connectivity index (χ3n) is 2.73. The van der Waals surface area contributed by atoms with Crippen molar-refractivity contribution in [3.63, 3.8) is 0 Å². The molecule has 18 heavy (non-hydrogen) atoms. The van der Waals surface area contributed by atoms with Gasteiger partial charge in [0.1, 0.15) is 5.56 Å². The molecule has 100 valence electrons. The zero-order valence-corrected chi connectivity index (χ0v) is 11.8. The van der Waals surface area contributed by atoms with Gasteiger partial charge in [-0.1, -0.05) is 20.8 Å².